The number of rotatable bonds is 3. The van der Waals surface area contributed by atoms with E-state index in [9.17, 15) is 9.18 Å². The van der Waals surface area contributed by atoms with E-state index in [0.29, 0.717) is 26.8 Å². The maximum atomic E-state index is 13.5. The first kappa shape index (κ1) is 15.5. The summed E-state index contributed by atoms with van der Waals surface area (Å²) in [5.74, 6) is -1.75. The van der Waals surface area contributed by atoms with Crippen molar-refractivity contribution in [1.82, 2.24) is 10.5 Å². The first-order valence-corrected chi connectivity index (χ1v) is 7.00. The highest BCUT2D eigenvalue weighted by atomic mass is 35.5. The van der Waals surface area contributed by atoms with E-state index in [4.69, 9.17) is 32.8 Å². The summed E-state index contributed by atoms with van der Waals surface area (Å²) in [7, 11) is 0. The van der Waals surface area contributed by atoms with Crippen LogP contribution in [-0.2, 0) is 0 Å². The van der Waals surface area contributed by atoms with E-state index >= 15 is 0 Å². The fourth-order valence-corrected chi connectivity index (χ4v) is 2.25. The first-order valence-electron chi connectivity index (χ1n) is 6.24. The summed E-state index contributed by atoms with van der Waals surface area (Å²) < 4.78 is 19.0. The number of nitrogens with zero attached hydrogens (tertiary/aromatic N) is 1. The molecule has 1 heterocycles. The van der Waals surface area contributed by atoms with Crippen molar-refractivity contribution in [2.75, 3.05) is 5.32 Å². The van der Waals surface area contributed by atoms with Gasteiger partial charge in [0.05, 0.1) is 15.6 Å². The van der Waals surface area contributed by atoms with Crippen LogP contribution in [0.15, 0.2) is 34.7 Å². The van der Waals surface area contributed by atoms with E-state index < -0.39 is 11.7 Å². The number of hydroxylamine groups is 1. The Labute approximate surface area is 138 Å². The molecule has 3 N–H and O–H groups in total. The Morgan fingerprint density at radius 1 is 1.22 bits per heavy atom. The number of halogens is 3. The average molecular weight is 356 g/mol. The lowest BCUT2D eigenvalue weighted by Crippen LogP contribution is -2.20. The van der Waals surface area contributed by atoms with Crippen LogP contribution in [-0.4, -0.2) is 16.1 Å². The number of benzene rings is 2. The summed E-state index contributed by atoms with van der Waals surface area (Å²) in [4.78, 5) is 15.5. The molecule has 0 aliphatic heterocycles. The van der Waals surface area contributed by atoms with E-state index in [-0.39, 0.29) is 11.6 Å². The molecular weight excluding hydrogens is 348 g/mol. The highest BCUT2D eigenvalue weighted by Gasteiger charge is 2.14. The zero-order valence-corrected chi connectivity index (χ0v) is 12.7. The summed E-state index contributed by atoms with van der Waals surface area (Å²) in [6.07, 6.45) is 0. The monoisotopic (exact) mass is 355 g/mol. The van der Waals surface area contributed by atoms with Gasteiger partial charge in [0, 0.05) is 11.8 Å². The van der Waals surface area contributed by atoms with Crippen LogP contribution >= 0.6 is 23.2 Å². The quantitative estimate of drug-likeness (QED) is 0.485. The third-order valence-corrected chi connectivity index (χ3v) is 3.72. The second-order valence-electron chi connectivity index (χ2n) is 4.51. The number of amides is 1. The molecule has 0 aliphatic carbocycles. The Morgan fingerprint density at radius 3 is 2.70 bits per heavy atom. The molecule has 3 rings (SSSR count). The lowest BCUT2D eigenvalue weighted by Gasteiger charge is -2.05. The number of aromatic nitrogens is 1. The minimum absolute atomic E-state index is 0.111. The molecule has 0 atom stereocenters. The van der Waals surface area contributed by atoms with Gasteiger partial charge in [-0.25, -0.2) is 9.87 Å². The first-order chi connectivity index (χ1) is 11.0. The molecule has 0 aliphatic rings. The second kappa shape index (κ2) is 6.04. The molecule has 6 nitrogen and oxygen atoms in total. The molecule has 9 heteroatoms. The van der Waals surface area contributed by atoms with Crippen molar-refractivity contribution in [2.24, 2.45) is 0 Å². The molecule has 0 bridgehead atoms. The van der Waals surface area contributed by atoms with Gasteiger partial charge in [-0.1, -0.05) is 23.2 Å². The van der Waals surface area contributed by atoms with Crippen LogP contribution in [0.2, 0.25) is 10.0 Å². The molecule has 23 heavy (non-hydrogen) atoms. The third-order valence-electron chi connectivity index (χ3n) is 2.99. The molecular formula is C14H8Cl2FN3O3. The van der Waals surface area contributed by atoms with Gasteiger partial charge < -0.3 is 9.73 Å². The van der Waals surface area contributed by atoms with Crippen LogP contribution in [0, 0.1) is 5.82 Å². The standard InChI is InChI=1S/C14H8Cl2FN3O3/c15-8-4-11-12(5-9(8)16)23-14(19-11)18-6-1-2-10(17)7(3-6)13(21)20-22/h1-5,22H,(H,18,19)(H,20,21). The van der Waals surface area contributed by atoms with E-state index in [1.165, 1.54) is 23.7 Å². The number of hydrogen-bond donors (Lipinski definition) is 3. The molecule has 1 amide bonds. The van der Waals surface area contributed by atoms with Gasteiger partial charge in [0.1, 0.15) is 11.3 Å². The predicted molar refractivity (Wildman–Crippen MR) is 83.0 cm³/mol. The number of oxazole rings is 1. The molecule has 0 saturated carbocycles. The van der Waals surface area contributed by atoms with Crippen LogP contribution in [0.1, 0.15) is 10.4 Å². The fourth-order valence-electron chi connectivity index (χ4n) is 1.94. The Kier molecular flexibility index (Phi) is 4.08. The number of carbonyl (C=O) groups is 1. The topological polar surface area (TPSA) is 87.4 Å². The summed E-state index contributed by atoms with van der Waals surface area (Å²) in [5.41, 5.74) is 2.28. The van der Waals surface area contributed by atoms with Crippen LogP contribution in [0.25, 0.3) is 11.1 Å². The van der Waals surface area contributed by atoms with Gasteiger partial charge in [0.25, 0.3) is 11.9 Å². The number of fused-ring (bicyclic) bond motifs is 1. The Bertz CT molecular complexity index is 875. The minimum atomic E-state index is -0.970. The number of carbonyl (C=O) groups excluding carboxylic acids is 1. The van der Waals surface area contributed by atoms with Crippen molar-refractivity contribution in [3.8, 4) is 0 Å². The van der Waals surface area contributed by atoms with Gasteiger partial charge in [-0.15, -0.1) is 0 Å². The van der Waals surface area contributed by atoms with E-state index in [1.54, 1.807) is 6.07 Å². The zero-order valence-electron chi connectivity index (χ0n) is 11.2. The third kappa shape index (κ3) is 3.07. The molecule has 3 aromatic rings. The molecule has 0 saturated heterocycles. The SMILES string of the molecule is O=C(NO)c1cc(Nc2nc3cc(Cl)c(Cl)cc3o2)ccc1F. The number of anilines is 2. The summed E-state index contributed by atoms with van der Waals surface area (Å²) in [6, 6.07) is 6.84. The molecule has 2 aromatic carbocycles. The van der Waals surface area contributed by atoms with Gasteiger partial charge in [0.2, 0.25) is 0 Å². The van der Waals surface area contributed by atoms with Gasteiger partial charge in [0.15, 0.2) is 5.58 Å². The number of nitrogens with one attached hydrogen (secondary N) is 2. The van der Waals surface area contributed by atoms with Gasteiger partial charge in [-0.2, -0.15) is 4.98 Å². The molecule has 118 valence electrons. The molecule has 0 unspecified atom stereocenters. The maximum Gasteiger partial charge on any atom is 0.300 e. The molecule has 0 spiro atoms. The van der Waals surface area contributed by atoms with Crippen LogP contribution < -0.4 is 10.8 Å². The predicted octanol–water partition coefficient (Wildman–Crippen LogP) is 4.14. The van der Waals surface area contributed by atoms with Crippen molar-refractivity contribution in [2.45, 2.75) is 0 Å². The van der Waals surface area contributed by atoms with Crippen LogP contribution in [0.5, 0.6) is 0 Å². The lowest BCUT2D eigenvalue weighted by atomic mass is 10.2. The maximum absolute atomic E-state index is 13.5. The molecule has 1 aromatic heterocycles. The minimum Gasteiger partial charge on any atom is -0.423 e. The van der Waals surface area contributed by atoms with Crippen molar-refractivity contribution in [3.63, 3.8) is 0 Å². The van der Waals surface area contributed by atoms with Crippen LogP contribution in [0.4, 0.5) is 16.1 Å². The number of hydrogen-bond acceptors (Lipinski definition) is 5. The summed E-state index contributed by atoms with van der Waals surface area (Å²) in [5, 5.41) is 12.0. The lowest BCUT2D eigenvalue weighted by molar-refractivity contribution is 0.0702. The Balaban J connectivity index is 1.94. The van der Waals surface area contributed by atoms with Gasteiger partial charge in [-0.3, -0.25) is 10.0 Å². The van der Waals surface area contributed by atoms with Crippen molar-refractivity contribution in [3.05, 3.63) is 51.8 Å². The molecule has 0 radical (unpaired) electrons. The zero-order chi connectivity index (χ0) is 16.6. The van der Waals surface area contributed by atoms with Crippen LogP contribution in [0.3, 0.4) is 0 Å². The van der Waals surface area contributed by atoms with E-state index in [0.717, 1.165) is 6.07 Å². The Morgan fingerprint density at radius 2 is 1.96 bits per heavy atom. The summed E-state index contributed by atoms with van der Waals surface area (Å²) >= 11 is 11.8. The highest BCUT2D eigenvalue weighted by Crippen LogP contribution is 2.30. The normalized spacial score (nSPS) is 10.8. The second-order valence-corrected chi connectivity index (χ2v) is 5.33. The van der Waals surface area contributed by atoms with E-state index in [2.05, 4.69) is 10.3 Å². The largest absolute Gasteiger partial charge is 0.423 e. The van der Waals surface area contributed by atoms with Gasteiger partial charge in [-0.05, 0) is 24.3 Å². The Hall–Kier alpha value is -2.35. The van der Waals surface area contributed by atoms with Gasteiger partial charge >= 0.3 is 0 Å². The van der Waals surface area contributed by atoms with Crippen molar-refractivity contribution in [1.29, 1.82) is 0 Å². The van der Waals surface area contributed by atoms with Crippen molar-refractivity contribution < 1.29 is 18.8 Å². The van der Waals surface area contributed by atoms with Crippen molar-refractivity contribution >= 4 is 51.9 Å². The van der Waals surface area contributed by atoms with E-state index in [1.807, 2.05) is 0 Å². The smallest absolute Gasteiger partial charge is 0.300 e. The average Bonchev–Trinajstić information content (AvgIpc) is 2.90. The molecule has 0 fully saturated rings. The fraction of sp³-hybridized carbons (Fsp3) is 0. The highest BCUT2D eigenvalue weighted by molar-refractivity contribution is 6.42. The summed E-state index contributed by atoms with van der Waals surface area (Å²) in [6.45, 7) is 0.